The fourth-order valence-corrected chi connectivity index (χ4v) is 8.29. The summed E-state index contributed by atoms with van der Waals surface area (Å²) in [6.07, 6.45) is 3.20. The molecule has 0 saturated carbocycles. The maximum Gasteiger partial charge on any atom is 0.307 e. The van der Waals surface area contributed by atoms with E-state index in [1.54, 1.807) is 6.07 Å². The van der Waals surface area contributed by atoms with Crippen LogP contribution >= 0.6 is 0 Å². The molecule has 0 spiro atoms. The number of carboxylic acids is 1. The summed E-state index contributed by atoms with van der Waals surface area (Å²) in [4.78, 5) is 45.6. The lowest BCUT2D eigenvalue weighted by atomic mass is 9.92. The van der Waals surface area contributed by atoms with Crippen LogP contribution in [-0.2, 0) is 29.1 Å². The minimum atomic E-state index is -0.775. The first-order valence-corrected chi connectivity index (χ1v) is 18.6. The number of anilines is 1. The lowest BCUT2D eigenvalue weighted by Crippen LogP contribution is -2.34. The van der Waals surface area contributed by atoms with Gasteiger partial charge < -0.3 is 25.1 Å². The molecule has 5 heterocycles. The third-order valence-corrected chi connectivity index (χ3v) is 11.0. The lowest BCUT2D eigenvalue weighted by Gasteiger charge is -2.24. The van der Waals surface area contributed by atoms with E-state index in [1.807, 2.05) is 52.9 Å². The van der Waals surface area contributed by atoms with Gasteiger partial charge in [0.1, 0.15) is 11.6 Å². The molecule has 3 N–H and O–H groups in total. The van der Waals surface area contributed by atoms with Gasteiger partial charge >= 0.3 is 5.97 Å². The van der Waals surface area contributed by atoms with E-state index in [4.69, 9.17) is 14.5 Å². The Kier molecular flexibility index (Phi) is 9.47. The molecule has 3 aliphatic heterocycles. The average Bonchev–Trinajstić information content (AvgIpc) is 3.98. The van der Waals surface area contributed by atoms with Crippen molar-refractivity contribution in [3.05, 3.63) is 88.2 Å². The molecule has 0 radical (unpaired) electrons. The van der Waals surface area contributed by atoms with Crippen LogP contribution in [0.25, 0.3) is 33.7 Å². The van der Waals surface area contributed by atoms with Gasteiger partial charge in [-0.05, 0) is 97.3 Å². The molecule has 54 heavy (non-hydrogen) atoms. The molecule has 1 saturated heterocycles. The van der Waals surface area contributed by atoms with Crippen molar-refractivity contribution in [3.8, 4) is 28.7 Å². The first kappa shape index (κ1) is 35.2. The molecule has 276 valence electrons. The zero-order valence-corrected chi connectivity index (χ0v) is 30.4. The predicted molar refractivity (Wildman–Crippen MR) is 202 cm³/mol. The van der Waals surface area contributed by atoms with Crippen LogP contribution in [0.3, 0.4) is 0 Å². The van der Waals surface area contributed by atoms with Crippen LogP contribution in [0.15, 0.2) is 59.0 Å². The van der Waals surface area contributed by atoms with Gasteiger partial charge in [-0.15, -0.1) is 0 Å². The lowest BCUT2D eigenvalue weighted by molar-refractivity contribution is -0.141. The summed E-state index contributed by atoms with van der Waals surface area (Å²) >= 11 is 0. The number of hydrogen-bond acceptors (Lipinski definition) is 9. The molecule has 1 unspecified atom stereocenters. The molecule has 3 aliphatic rings. The molecular weight excluding hydrogens is 685 g/mol. The number of aliphatic carboxylic acids is 1. The first-order chi connectivity index (χ1) is 26.2. The fourth-order valence-electron chi connectivity index (χ4n) is 8.29. The number of carbonyl (C=O) groups is 3. The Morgan fingerprint density at radius 1 is 1.02 bits per heavy atom. The fraction of sp³-hybridized carbons (Fsp3) is 0.366. The number of hydrogen-bond donors (Lipinski definition) is 3. The van der Waals surface area contributed by atoms with E-state index in [0.29, 0.717) is 80.4 Å². The molecule has 2 aromatic heterocycles. The van der Waals surface area contributed by atoms with Crippen molar-refractivity contribution in [2.75, 3.05) is 37.6 Å². The standard InChI is InChI=1S/C41H42N8O5/c1-24-29(6-3-7-30(24)39-45-34-19-26(18-28(21-42)38(34)54-39)22-47-16-11-27(23-47)41(52)53)31-8-4-10-36-32(31)12-17-48(36)40(51)35-20-37-33(9-5-15-49(37)46-35)44-14-13-43-25(2)50/h3-4,6-8,10,18-20,27,33,44H,5,9,11-17,22-23H2,1-2H3,(H,43,50)(H,52,53)/t27-,33?/m1/s1. The second-order valence-electron chi connectivity index (χ2n) is 14.5. The SMILES string of the molecule is CC(=O)NCCNC1CCCn2nc(C(=O)N3CCc4c(-c5cccc(-c6nc7cc(CN8CC[C@@H](C(=O)O)C8)cc(C#N)c7o6)c5C)cccc43)cc21. The first-order valence-electron chi connectivity index (χ1n) is 18.6. The number of aryl methyl sites for hydroxylation is 1. The Balaban J connectivity index is 1.04. The van der Waals surface area contributed by atoms with E-state index in [0.717, 1.165) is 64.1 Å². The van der Waals surface area contributed by atoms with Gasteiger partial charge in [-0.1, -0.05) is 24.3 Å². The summed E-state index contributed by atoms with van der Waals surface area (Å²) < 4.78 is 8.22. The largest absolute Gasteiger partial charge is 0.481 e. The van der Waals surface area contributed by atoms with Crippen molar-refractivity contribution < 1.29 is 23.9 Å². The van der Waals surface area contributed by atoms with Crippen molar-refractivity contribution in [2.45, 2.75) is 58.7 Å². The highest BCUT2D eigenvalue weighted by atomic mass is 16.4. The quantitative estimate of drug-likeness (QED) is 0.163. The zero-order chi connectivity index (χ0) is 37.5. The molecular formula is C41H42N8O5. The van der Waals surface area contributed by atoms with E-state index in [-0.39, 0.29) is 23.8 Å². The molecule has 13 nitrogen and oxygen atoms in total. The Morgan fingerprint density at radius 3 is 2.63 bits per heavy atom. The highest BCUT2D eigenvalue weighted by Crippen LogP contribution is 2.41. The number of nitriles is 1. The van der Waals surface area contributed by atoms with Gasteiger partial charge in [0.25, 0.3) is 5.91 Å². The zero-order valence-electron chi connectivity index (χ0n) is 30.4. The van der Waals surface area contributed by atoms with Crippen LogP contribution in [0.1, 0.15) is 70.7 Å². The molecule has 8 rings (SSSR count). The maximum atomic E-state index is 14.0. The summed E-state index contributed by atoms with van der Waals surface area (Å²) in [5, 5.41) is 30.5. The normalized spacial score (nSPS) is 18.1. The maximum absolute atomic E-state index is 14.0. The van der Waals surface area contributed by atoms with Crippen molar-refractivity contribution in [2.24, 2.45) is 5.92 Å². The van der Waals surface area contributed by atoms with Crippen LogP contribution < -0.4 is 15.5 Å². The predicted octanol–water partition coefficient (Wildman–Crippen LogP) is 5.21. The number of carboxylic acid groups (broad SMARTS) is 1. The van der Waals surface area contributed by atoms with Crippen LogP contribution in [0.4, 0.5) is 5.69 Å². The number of oxazole rings is 1. The summed E-state index contributed by atoms with van der Waals surface area (Å²) in [5.74, 6) is -0.915. The van der Waals surface area contributed by atoms with Gasteiger partial charge in [0.15, 0.2) is 11.3 Å². The summed E-state index contributed by atoms with van der Waals surface area (Å²) in [5.41, 5.74) is 9.50. The highest BCUT2D eigenvalue weighted by molar-refractivity contribution is 6.07. The van der Waals surface area contributed by atoms with Gasteiger partial charge in [0.2, 0.25) is 11.8 Å². The Labute approximate surface area is 312 Å². The van der Waals surface area contributed by atoms with Gasteiger partial charge in [-0.25, -0.2) is 4.98 Å². The van der Waals surface area contributed by atoms with Gasteiger partial charge in [-0.3, -0.25) is 24.0 Å². The van der Waals surface area contributed by atoms with Crippen molar-refractivity contribution in [1.29, 1.82) is 5.26 Å². The van der Waals surface area contributed by atoms with E-state index in [2.05, 4.69) is 33.7 Å². The number of carbonyl (C=O) groups excluding carboxylic acids is 2. The minimum absolute atomic E-state index is 0.0582. The summed E-state index contributed by atoms with van der Waals surface area (Å²) in [6.45, 7) is 7.72. The number of amides is 2. The van der Waals surface area contributed by atoms with Crippen molar-refractivity contribution >= 4 is 34.6 Å². The summed E-state index contributed by atoms with van der Waals surface area (Å²) in [6, 6.07) is 20.0. The van der Waals surface area contributed by atoms with Gasteiger partial charge in [0.05, 0.1) is 17.2 Å². The smallest absolute Gasteiger partial charge is 0.307 e. The molecule has 2 amide bonds. The highest BCUT2D eigenvalue weighted by Gasteiger charge is 2.32. The van der Waals surface area contributed by atoms with Gasteiger partial charge in [0, 0.05) is 63.5 Å². The molecule has 1 fully saturated rings. The van der Waals surface area contributed by atoms with E-state index in [9.17, 15) is 24.8 Å². The van der Waals surface area contributed by atoms with Crippen LogP contribution in [-0.4, -0.2) is 75.3 Å². The number of fused-ring (bicyclic) bond motifs is 3. The number of aromatic nitrogens is 3. The number of nitrogens with one attached hydrogen (secondary N) is 2. The molecule has 5 aromatic rings. The van der Waals surface area contributed by atoms with Gasteiger partial charge in [-0.2, -0.15) is 10.4 Å². The number of likely N-dealkylation sites (tertiary alicyclic amines) is 1. The van der Waals surface area contributed by atoms with E-state index < -0.39 is 5.97 Å². The molecule has 13 heteroatoms. The second-order valence-corrected chi connectivity index (χ2v) is 14.5. The number of benzene rings is 3. The molecule has 0 bridgehead atoms. The topological polar surface area (TPSA) is 170 Å². The Morgan fingerprint density at radius 2 is 1.83 bits per heavy atom. The third kappa shape index (κ3) is 6.63. The van der Waals surface area contributed by atoms with Crippen LogP contribution in [0, 0.1) is 24.2 Å². The minimum Gasteiger partial charge on any atom is -0.481 e. The number of nitrogens with zero attached hydrogens (tertiary/aromatic N) is 6. The monoisotopic (exact) mass is 726 g/mol. The van der Waals surface area contributed by atoms with Crippen molar-refractivity contribution in [1.82, 2.24) is 30.3 Å². The van der Waals surface area contributed by atoms with E-state index in [1.165, 1.54) is 6.92 Å². The average molecular weight is 727 g/mol. The Hall–Kier alpha value is -5.84. The molecule has 3 aromatic carbocycles. The van der Waals surface area contributed by atoms with Crippen LogP contribution in [0.5, 0.6) is 0 Å². The third-order valence-electron chi connectivity index (χ3n) is 11.0. The molecule has 2 atom stereocenters. The second kappa shape index (κ2) is 14.5. The van der Waals surface area contributed by atoms with Crippen LogP contribution in [0.2, 0.25) is 0 Å². The Bertz CT molecular complexity index is 2340. The van der Waals surface area contributed by atoms with Crippen molar-refractivity contribution in [3.63, 3.8) is 0 Å². The number of rotatable bonds is 10. The van der Waals surface area contributed by atoms with E-state index >= 15 is 0 Å². The summed E-state index contributed by atoms with van der Waals surface area (Å²) in [7, 11) is 0. The molecule has 0 aliphatic carbocycles.